The van der Waals surface area contributed by atoms with Gasteiger partial charge in [0.1, 0.15) is 0 Å². The van der Waals surface area contributed by atoms with Crippen molar-refractivity contribution >= 4 is 32.4 Å². The Hall–Kier alpha value is -1.81. The third-order valence-electron chi connectivity index (χ3n) is 3.30. The molecule has 0 unspecified atom stereocenters. The van der Waals surface area contributed by atoms with Gasteiger partial charge in [0.25, 0.3) is 0 Å². The molecular formula is C16H21N3O4S2. The number of sulfonamides is 1. The van der Waals surface area contributed by atoms with Crippen LogP contribution in [0.1, 0.15) is 19.0 Å². The van der Waals surface area contributed by atoms with E-state index < -0.39 is 10.0 Å². The number of aryl methyl sites for hydroxylation is 1. The van der Waals surface area contributed by atoms with Crippen LogP contribution < -0.4 is 10.0 Å². The van der Waals surface area contributed by atoms with Crippen LogP contribution >= 0.6 is 11.3 Å². The van der Waals surface area contributed by atoms with E-state index in [4.69, 9.17) is 4.74 Å². The normalized spacial score (nSPS) is 11.5. The molecule has 1 amide bonds. The molecule has 0 saturated heterocycles. The summed E-state index contributed by atoms with van der Waals surface area (Å²) in [5.74, 6) is -0.197. The molecule has 1 heterocycles. The molecule has 0 bridgehead atoms. The van der Waals surface area contributed by atoms with Gasteiger partial charge < -0.3 is 10.1 Å². The average Bonchev–Trinajstić information content (AvgIpc) is 2.91. The van der Waals surface area contributed by atoms with Crippen molar-refractivity contribution in [2.24, 2.45) is 0 Å². The van der Waals surface area contributed by atoms with Crippen molar-refractivity contribution in [1.82, 2.24) is 9.71 Å². The molecule has 1 aromatic carbocycles. The number of methoxy groups -OCH3 is 1. The second-order valence-corrected chi connectivity index (χ2v) is 8.15. The molecule has 2 N–H and O–H groups in total. The minimum atomic E-state index is -3.59. The van der Waals surface area contributed by atoms with Crippen LogP contribution in [0.25, 0.3) is 10.4 Å². The highest BCUT2D eigenvalue weighted by Crippen LogP contribution is 2.33. The highest BCUT2D eigenvalue weighted by molar-refractivity contribution is 7.89. The summed E-state index contributed by atoms with van der Waals surface area (Å²) in [4.78, 5) is 16.5. The van der Waals surface area contributed by atoms with Gasteiger partial charge in [-0.25, -0.2) is 18.1 Å². The first-order valence-corrected chi connectivity index (χ1v) is 9.97. The van der Waals surface area contributed by atoms with E-state index in [9.17, 15) is 13.2 Å². The number of aromatic nitrogens is 1. The third kappa shape index (κ3) is 5.33. The molecule has 0 atom stereocenters. The summed E-state index contributed by atoms with van der Waals surface area (Å²) >= 11 is 1.31. The van der Waals surface area contributed by atoms with Crippen molar-refractivity contribution in [2.75, 3.05) is 25.6 Å². The second kappa shape index (κ2) is 8.52. The van der Waals surface area contributed by atoms with Crippen LogP contribution in [0.3, 0.4) is 0 Å². The highest BCUT2D eigenvalue weighted by Gasteiger charge is 2.16. The van der Waals surface area contributed by atoms with Gasteiger partial charge in [-0.15, -0.1) is 0 Å². The Bertz CT molecular complexity index is 847. The van der Waals surface area contributed by atoms with E-state index in [0.717, 1.165) is 16.1 Å². The number of nitrogens with zero attached hydrogens (tertiary/aromatic N) is 1. The Labute approximate surface area is 151 Å². The molecule has 9 heteroatoms. The van der Waals surface area contributed by atoms with E-state index in [1.165, 1.54) is 18.3 Å². The van der Waals surface area contributed by atoms with E-state index in [2.05, 4.69) is 15.0 Å². The number of rotatable bonds is 8. The summed E-state index contributed by atoms with van der Waals surface area (Å²) in [6.45, 7) is 4.04. The first-order chi connectivity index (χ1) is 11.8. The number of hydrogen-bond donors (Lipinski definition) is 2. The Morgan fingerprint density at radius 1 is 1.36 bits per heavy atom. The number of thiazole rings is 1. The van der Waals surface area contributed by atoms with Crippen LogP contribution in [-0.4, -0.2) is 39.6 Å². The predicted molar refractivity (Wildman–Crippen MR) is 98.3 cm³/mol. The number of nitrogens with one attached hydrogen (secondary N) is 2. The van der Waals surface area contributed by atoms with Crippen LogP contribution in [-0.2, 0) is 19.6 Å². The third-order valence-corrected chi connectivity index (χ3v) is 5.88. The van der Waals surface area contributed by atoms with Crippen molar-refractivity contribution in [3.05, 3.63) is 30.0 Å². The van der Waals surface area contributed by atoms with Crippen LogP contribution in [0, 0.1) is 6.92 Å². The molecule has 2 rings (SSSR count). The zero-order valence-electron chi connectivity index (χ0n) is 14.3. The largest absolute Gasteiger partial charge is 0.385 e. The summed E-state index contributed by atoms with van der Waals surface area (Å²) in [5.41, 5.74) is 1.47. The molecule has 1 aromatic heterocycles. The van der Waals surface area contributed by atoms with Gasteiger partial charge in [0.05, 0.1) is 15.5 Å². The van der Waals surface area contributed by atoms with E-state index in [0.29, 0.717) is 24.7 Å². The lowest BCUT2D eigenvalue weighted by molar-refractivity contribution is -0.114. The van der Waals surface area contributed by atoms with Crippen molar-refractivity contribution in [1.29, 1.82) is 0 Å². The average molecular weight is 383 g/mol. The molecule has 2 aromatic rings. The van der Waals surface area contributed by atoms with Gasteiger partial charge in [0.2, 0.25) is 15.9 Å². The van der Waals surface area contributed by atoms with E-state index in [-0.39, 0.29) is 10.8 Å². The van der Waals surface area contributed by atoms with E-state index in [1.54, 1.807) is 25.3 Å². The van der Waals surface area contributed by atoms with Crippen molar-refractivity contribution < 1.29 is 17.9 Å². The van der Waals surface area contributed by atoms with Crippen LogP contribution in [0.2, 0.25) is 0 Å². The fraction of sp³-hybridized carbons (Fsp3) is 0.375. The number of carbonyl (C=O) groups excluding carboxylic acids is 1. The van der Waals surface area contributed by atoms with Gasteiger partial charge >= 0.3 is 0 Å². The van der Waals surface area contributed by atoms with E-state index >= 15 is 0 Å². The number of carbonyl (C=O) groups is 1. The van der Waals surface area contributed by atoms with E-state index in [1.807, 2.05) is 13.0 Å². The first-order valence-electron chi connectivity index (χ1n) is 7.67. The lowest BCUT2D eigenvalue weighted by Crippen LogP contribution is -2.25. The van der Waals surface area contributed by atoms with Crippen molar-refractivity contribution in [3.8, 4) is 10.4 Å². The van der Waals surface area contributed by atoms with Crippen LogP contribution in [0.4, 0.5) is 5.13 Å². The zero-order valence-corrected chi connectivity index (χ0v) is 16.0. The minimum Gasteiger partial charge on any atom is -0.385 e. The molecule has 0 radical (unpaired) electrons. The summed E-state index contributed by atoms with van der Waals surface area (Å²) in [5, 5.41) is 3.14. The maximum atomic E-state index is 12.4. The molecule has 0 aliphatic rings. The van der Waals surface area contributed by atoms with Gasteiger partial charge in [-0.2, -0.15) is 0 Å². The van der Waals surface area contributed by atoms with Gasteiger partial charge in [0, 0.05) is 27.2 Å². The maximum Gasteiger partial charge on any atom is 0.240 e. The fourth-order valence-corrected chi connectivity index (χ4v) is 4.31. The summed E-state index contributed by atoms with van der Waals surface area (Å²) < 4.78 is 32.3. The molecule has 0 fully saturated rings. The Balaban J connectivity index is 2.24. The lowest BCUT2D eigenvalue weighted by Gasteiger charge is -2.08. The number of amides is 1. The quantitative estimate of drug-likeness (QED) is 0.682. The van der Waals surface area contributed by atoms with Crippen molar-refractivity contribution in [2.45, 2.75) is 25.2 Å². The Morgan fingerprint density at radius 2 is 2.12 bits per heavy atom. The van der Waals surface area contributed by atoms with Crippen LogP contribution in [0.15, 0.2) is 29.2 Å². The molecular weight excluding hydrogens is 362 g/mol. The number of benzene rings is 1. The highest BCUT2D eigenvalue weighted by atomic mass is 32.2. The standard InChI is InChI=1S/C16H21N3O4S2/c1-11-15(24-16(18-11)19-12(2)20)13-6-4-7-14(10-13)25(21,22)17-8-5-9-23-3/h4,6-7,10,17H,5,8-9H2,1-3H3,(H,18,19,20). The molecule has 7 nitrogen and oxygen atoms in total. The smallest absolute Gasteiger partial charge is 0.240 e. The second-order valence-electron chi connectivity index (χ2n) is 5.39. The Morgan fingerprint density at radius 3 is 2.80 bits per heavy atom. The predicted octanol–water partition coefficient (Wildman–Crippen LogP) is 2.39. The fourth-order valence-electron chi connectivity index (χ4n) is 2.18. The lowest BCUT2D eigenvalue weighted by atomic mass is 10.2. The number of ether oxygens (including phenoxy) is 1. The van der Waals surface area contributed by atoms with Gasteiger partial charge in [-0.3, -0.25) is 4.79 Å². The van der Waals surface area contributed by atoms with Gasteiger partial charge in [-0.1, -0.05) is 23.5 Å². The summed E-state index contributed by atoms with van der Waals surface area (Å²) in [6, 6.07) is 6.67. The molecule has 25 heavy (non-hydrogen) atoms. The molecule has 0 spiro atoms. The molecule has 136 valence electrons. The van der Waals surface area contributed by atoms with Crippen molar-refractivity contribution in [3.63, 3.8) is 0 Å². The summed E-state index contributed by atoms with van der Waals surface area (Å²) in [6.07, 6.45) is 0.601. The Kier molecular flexibility index (Phi) is 6.65. The number of anilines is 1. The summed E-state index contributed by atoms with van der Waals surface area (Å²) in [7, 11) is -2.01. The molecule has 0 aliphatic heterocycles. The molecule has 0 aliphatic carbocycles. The maximum absolute atomic E-state index is 12.4. The topological polar surface area (TPSA) is 97.4 Å². The van der Waals surface area contributed by atoms with Gasteiger partial charge in [-0.05, 0) is 31.0 Å². The SMILES string of the molecule is COCCCNS(=O)(=O)c1cccc(-c2sc(NC(C)=O)nc2C)c1. The van der Waals surface area contributed by atoms with Crippen LogP contribution in [0.5, 0.6) is 0 Å². The number of hydrogen-bond acceptors (Lipinski definition) is 6. The molecule has 0 saturated carbocycles. The zero-order chi connectivity index (χ0) is 18.4. The first kappa shape index (κ1) is 19.5. The minimum absolute atomic E-state index is 0.191. The monoisotopic (exact) mass is 383 g/mol. The van der Waals surface area contributed by atoms with Gasteiger partial charge in [0.15, 0.2) is 5.13 Å².